The Morgan fingerprint density at radius 1 is 0.900 bits per heavy atom. The standard InChI is InChI=1S/C21H28N4O5/c1-7-9-23-19(26)24(10-8-2)21(28)25(20(23)27)14-22(4)13-16-12-18(30-6)17(29-5)11-15(16)3/h7-8,11-12H,1-2,9-10,13-14H2,3-6H3. The van der Waals surface area contributed by atoms with Gasteiger partial charge in [0.1, 0.15) is 0 Å². The fourth-order valence-corrected chi connectivity index (χ4v) is 3.15. The lowest BCUT2D eigenvalue weighted by Crippen LogP contribution is -2.55. The van der Waals surface area contributed by atoms with Crippen molar-refractivity contribution in [3.05, 3.63) is 80.0 Å². The average Bonchev–Trinajstić information content (AvgIpc) is 2.72. The normalized spacial score (nSPS) is 10.8. The third-order valence-corrected chi connectivity index (χ3v) is 4.67. The number of aromatic nitrogens is 3. The van der Waals surface area contributed by atoms with E-state index in [9.17, 15) is 14.4 Å². The zero-order valence-electron chi connectivity index (χ0n) is 17.9. The second-order valence-corrected chi connectivity index (χ2v) is 6.86. The van der Waals surface area contributed by atoms with Crippen LogP contribution in [-0.2, 0) is 26.3 Å². The van der Waals surface area contributed by atoms with E-state index in [1.165, 1.54) is 12.2 Å². The molecule has 0 saturated carbocycles. The molecule has 9 nitrogen and oxygen atoms in total. The van der Waals surface area contributed by atoms with E-state index in [1.807, 2.05) is 19.1 Å². The summed E-state index contributed by atoms with van der Waals surface area (Å²) in [5.74, 6) is 1.22. The van der Waals surface area contributed by atoms with E-state index >= 15 is 0 Å². The SMILES string of the molecule is C=CCn1c(=O)n(CC=C)c(=O)n(CN(C)Cc2cc(OC)c(OC)cc2C)c1=O. The molecule has 0 atom stereocenters. The minimum absolute atomic E-state index is 0.0000169. The first kappa shape index (κ1) is 23.0. The molecule has 0 radical (unpaired) electrons. The van der Waals surface area contributed by atoms with Crippen molar-refractivity contribution in [1.82, 2.24) is 18.6 Å². The number of hydrogen-bond acceptors (Lipinski definition) is 6. The van der Waals surface area contributed by atoms with Crippen LogP contribution in [0.25, 0.3) is 0 Å². The molecular weight excluding hydrogens is 388 g/mol. The lowest BCUT2D eigenvalue weighted by atomic mass is 10.1. The molecule has 0 saturated heterocycles. The van der Waals surface area contributed by atoms with Gasteiger partial charge in [0.05, 0.1) is 34.0 Å². The monoisotopic (exact) mass is 416 g/mol. The van der Waals surface area contributed by atoms with Crippen molar-refractivity contribution in [3.8, 4) is 11.5 Å². The molecule has 1 aromatic heterocycles. The van der Waals surface area contributed by atoms with Gasteiger partial charge < -0.3 is 9.47 Å². The molecule has 0 aliphatic rings. The van der Waals surface area contributed by atoms with Crippen molar-refractivity contribution in [3.63, 3.8) is 0 Å². The minimum Gasteiger partial charge on any atom is -0.493 e. The molecule has 0 spiro atoms. The van der Waals surface area contributed by atoms with Crippen molar-refractivity contribution in [2.75, 3.05) is 21.3 Å². The number of aryl methyl sites for hydroxylation is 1. The van der Waals surface area contributed by atoms with Gasteiger partial charge in [-0.05, 0) is 37.2 Å². The van der Waals surface area contributed by atoms with Crippen LogP contribution in [-0.4, -0.2) is 39.9 Å². The summed E-state index contributed by atoms with van der Waals surface area (Å²) in [7, 11) is 4.91. The molecular formula is C21H28N4O5. The van der Waals surface area contributed by atoms with E-state index in [1.54, 1.807) is 26.2 Å². The molecule has 0 bridgehead atoms. The van der Waals surface area contributed by atoms with E-state index < -0.39 is 17.1 Å². The largest absolute Gasteiger partial charge is 0.493 e. The summed E-state index contributed by atoms with van der Waals surface area (Å²) in [4.78, 5) is 39.8. The number of rotatable bonds is 10. The Balaban J connectivity index is 2.44. The third-order valence-electron chi connectivity index (χ3n) is 4.67. The maximum Gasteiger partial charge on any atom is 0.337 e. The molecule has 0 aliphatic heterocycles. The summed E-state index contributed by atoms with van der Waals surface area (Å²) in [5.41, 5.74) is -0.108. The summed E-state index contributed by atoms with van der Waals surface area (Å²) >= 11 is 0. The minimum atomic E-state index is -0.681. The number of benzene rings is 1. The zero-order valence-corrected chi connectivity index (χ0v) is 17.9. The van der Waals surface area contributed by atoms with Crippen LogP contribution < -0.4 is 26.5 Å². The van der Waals surface area contributed by atoms with E-state index in [-0.39, 0.29) is 19.8 Å². The Hall–Kier alpha value is -3.33. The van der Waals surface area contributed by atoms with Gasteiger partial charge in [0.2, 0.25) is 0 Å². The lowest BCUT2D eigenvalue weighted by Gasteiger charge is -2.21. The molecule has 2 aromatic rings. The number of allylic oxidation sites excluding steroid dienone is 2. The average molecular weight is 416 g/mol. The molecule has 0 unspecified atom stereocenters. The zero-order chi connectivity index (χ0) is 22.4. The summed E-state index contributed by atoms with van der Waals surface area (Å²) < 4.78 is 13.7. The van der Waals surface area contributed by atoms with E-state index in [0.717, 1.165) is 24.8 Å². The van der Waals surface area contributed by atoms with Gasteiger partial charge in [-0.25, -0.2) is 28.1 Å². The van der Waals surface area contributed by atoms with Crippen molar-refractivity contribution >= 4 is 0 Å². The van der Waals surface area contributed by atoms with Gasteiger partial charge in [0.15, 0.2) is 11.5 Å². The van der Waals surface area contributed by atoms with Gasteiger partial charge in [-0.2, -0.15) is 0 Å². The summed E-state index contributed by atoms with van der Waals surface area (Å²) in [5, 5.41) is 0. The van der Waals surface area contributed by atoms with Crippen LogP contribution in [0.3, 0.4) is 0 Å². The predicted octanol–water partition coefficient (Wildman–Crippen LogP) is 0.959. The second-order valence-electron chi connectivity index (χ2n) is 6.86. The second kappa shape index (κ2) is 9.93. The molecule has 0 fully saturated rings. The lowest BCUT2D eigenvalue weighted by molar-refractivity contribution is 0.239. The number of hydrogen-bond donors (Lipinski definition) is 0. The highest BCUT2D eigenvalue weighted by molar-refractivity contribution is 5.47. The summed E-state index contributed by atoms with van der Waals surface area (Å²) in [6, 6.07) is 3.73. The van der Waals surface area contributed by atoms with E-state index in [0.29, 0.717) is 18.0 Å². The molecule has 9 heteroatoms. The number of nitrogens with zero attached hydrogens (tertiary/aromatic N) is 4. The molecule has 2 rings (SSSR count). The molecule has 162 valence electrons. The Morgan fingerprint density at radius 3 is 1.83 bits per heavy atom. The molecule has 0 amide bonds. The fourth-order valence-electron chi connectivity index (χ4n) is 3.15. The van der Waals surface area contributed by atoms with E-state index in [2.05, 4.69) is 13.2 Å². The maximum atomic E-state index is 12.8. The van der Waals surface area contributed by atoms with Crippen LogP contribution in [0.4, 0.5) is 0 Å². The topological polar surface area (TPSA) is 87.7 Å². The van der Waals surface area contributed by atoms with Crippen molar-refractivity contribution in [2.24, 2.45) is 0 Å². The Labute approximate surface area is 174 Å². The highest BCUT2D eigenvalue weighted by atomic mass is 16.5. The van der Waals surface area contributed by atoms with Gasteiger partial charge in [-0.3, -0.25) is 4.90 Å². The van der Waals surface area contributed by atoms with Crippen LogP contribution in [0.15, 0.2) is 51.8 Å². The highest BCUT2D eigenvalue weighted by Crippen LogP contribution is 2.30. The van der Waals surface area contributed by atoms with Crippen LogP contribution in [0.5, 0.6) is 11.5 Å². The first-order chi connectivity index (χ1) is 14.3. The van der Waals surface area contributed by atoms with Gasteiger partial charge >= 0.3 is 17.1 Å². The Kier molecular flexibility index (Phi) is 7.60. The van der Waals surface area contributed by atoms with Crippen LogP contribution in [0, 0.1) is 6.92 Å². The fraction of sp³-hybridized carbons (Fsp3) is 0.381. The Bertz CT molecular complexity index is 1060. The molecule has 1 aromatic carbocycles. The van der Waals surface area contributed by atoms with Gasteiger partial charge in [0, 0.05) is 6.54 Å². The molecule has 0 N–H and O–H groups in total. The Morgan fingerprint density at radius 2 is 1.37 bits per heavy atom. The molecule has 30 heavy (non-hydrogen) atoms. The summed E-state index contributed by atoms with van der Waals surface area (Å²) in [6.45, 7) is 9.55. The maximum absolute atomic E-state index is 12.8. The number of ether oxygens (including phenoxy) is 2. The highest BCUT2D eigenvalue weighted by Gasteiger charge is 2.16. The third kappa shape index (κ3) is 4.62. The molecule has 1 heterocycles. The van der Waals surface area contributed by atoms with Crippen LogP contribution in [0.1, 0.15) is 11.1 Å². The van der Waals surface area contributed by atoms with Crippen LogP contribution >= 0.6 is 0 Å². The van der Waals surface area contributed by atoms with Crippen molar-refractivity contribution < 1.29 is 9.47 Å². The predicted molar refractivity (Wildman–Crippen MR) is 115 cm³/mol. The number of methoxy groups -OCH3 is 2. The van der Waals surface area contributed by atoms with Crippen LogP contribution in [0.2, 0.25) is 0 Å². The quantitative estimate of drug-likeness (QED) is 0.536. The van der Waals surface area contributed by atoms with Crippen molar-refractivity contribution in [1.29, 1.82) is 0 Å². The van der Waals surface area contributed by atoms with Gasteiger partial charge in [-0.1, -0.05) is 12.2 Å². The van der Waals surface area contributed by atoms with Gasteiger partial charge in [0.25, 0.3) is 0 Å². The van der Waals surface area contributed by atoms with Gasteiger partial charge in [-0.15, -0.1) is 13.2 Å². The molecule has 0 aliphatic carbocycles. The smallest absolute Gasteiger partial charge is 0.337 e. The first-order valence-corrected chi connectivity index (χ1v) is 9.35. The summed E-state index contributed by atoms with van der Waals surface area (Å²) in [6.07, 6.45) is 2.87. The van der Waals surface area contributed by atoms with Crippen molar-refractivity contribution in [2.45, 2.75) is 33.2 Å². The first-order valence-electron chi connectivity index (χ1n) is 9.35. The van der Waals surface area contributed by atoms with E-state index in [4.69, 9.17) is 9.47 Å².